The SMILES string of the molecule is CC(C)(C)OC(=O)N1CCN(C(=O)CNc2ccc3c(c2)N(C(=O)C(C)(C)C)CCO3)CC1. The second-order valence-corrected chi connectivity index (χ2v) is 10.4. The fourth-order valence-corrected chi connectivity index (χ4v) is 3.70. The second-order valence-electron chi connectivity index (χ2n) is 10.4. The van der Waals surface area contributed by atoms with Crippen LogP contribution in [0.4, 0.5) is 16.2 Å². The average Bonchev–Trinajstić information content (AvgIpc) is 2.74. The number of piperazine rings is 1. The molecule has 9 nitrogen and oxygen atoms in total. The van der Waals surface area contributed by atoms with Crippen LogP contribution < -0.4 is 15.0 Å². The van der Waals surface area contributed by atoms with Crippen molar-refractivity contribution in [2.75, 3.05) is 56.1 Å². The quantitative estimate of drug-likeness (QED) is 0.746. The first kappa shape index (κ1) is 24.7. The summed E-state index contributed by atoms with van der Waals surface area (Å²) >= 11 is 0. The molecule has 1 N–H and O–H groups in total. The molecular formula is C24H36N4O5. The third-order valence-corrected chi connectivity index (χ3v) is 5.44. The molecule has 0 saturated carbocycles. The van der Waals surface area contributed by atoms with Crippen LogP contribution in [-0.2, 0) is 14.3 Å². The first-order valence-corrected chi connectivity index (χ1v) is 11.4. The molecule has 0 atom stereocenters. The maximum absolute atomic E-state index is 12.9. The monoisotopic (exact) mass is 460 g/mol. The van der Waals surface area contributed by atoms with Gasteiger partial charge in [-0.05, 0) is 39.0 Å². The molecule has 1 aromatic carbocycles. The Kier molecular flexibility index (Phi) is 7.09. The largest absolute Gasteiger partial charge is 0.490 e. The third-order valence-electron chi connectivity index (χ3n) is 5.44. The number of carbonyl (C=O) groups excluding carboxylic acids is 3. The maximum Gasteiger partial charge on any atom is 0.410 e. The number of anilines is 2. The predicted molar refractivity (Wildman–Crippen MR) is 127 cm³/mol. The molecule has 1 aromatic rings. The number of ether oxygens (including phenoxy) is 2. The van der Waals surface area contributed by atoms with Crippen molar-refractivity contribution in [2.24, 2.45) is 5.41 Å². The van der Waals surface area contributed by atoms with E-state index >= 15 is 0 Å². The van der Waals surface area contributed by atoms with Gasteiger partial charge in [-0.1, -0.05) is 20.8 Å². The van der Waals surface area contributed by atoms with E-state index in [0.29, 0.717) is 50.8 Å². The van der Waals surface area contributed by atoms with Gasteiger partial charge in [0, 0.05) is 37.3 Å². The fraction of sp³-hybridized carbons (Fsp3) is 0.625. The van der Waals surface area contributed by atoms with Crippen molar-refractivity contribution in [1.82, 2.24) is 9.80 Å². The summed E-state index contributed by atoms with van der Waals surface area (Å²) in [5.41, 5.74) is 0.410. The van der Waals surface area contributed by atoms with E-state index in [4.69, 9.17) is 9.47 Å². The van der Waals surface area contributed by atoms with Crippen molar-refractivity contribution in [2.45, 2.75) is 47.1 Å². The van der Waals surface area contributed by atoms with E-state index in [2.05, 4.69) is 5.32 Å². The highest BCUT2D eigenvalue weighted by Gasteiger charge is 2.32. The molecule has 1 saturated heterocycles. The highest BCUT2D eigenvalue weighted by Crippen LogP contribution is 2.36. The number of nitrogens with one attached hydrogen (secondary N) is 1. The van der Waals surface area contributed by atoms with Gasteiger partial charge in [-0.3, -0.25) is 9.59 Å². The molecule has 0 radical (unpaired) electrons. The molecule has 0 unspecified atom stereocenters. The van der Waals surface area contributed by atoms with Gasteiger partial charge in [0.15, 0.2) is 0 Å². The molecule has 0 aromatic heterocycles. The predicted octanol–water partition coefficient (Wildman–Crippen LogP) is 2.95. The van der Waals surface area contributed by atoms with Crippen LogP contribution in [0.1, 0.15) is 41.5 Å². The molecule has 182 valence electrons. The lowest BCUT2D eigenvalue weighted by Gasteiger charge is -2.35. The Hall–Kier alpha value is -2.97. The molecule has 33 heavy (non-hydrogen) atoms. The van der Waals surface area contributed by atoms with E-state index in [1.807, 2.05) is 59.7 Å². The Bertz CT molecular complexity index is 895. The summed E-state index contributed by atoms with van der Waals surface area (Å²) in [6.45, 7) is 14.1. The number of amides is 3. The number of nitrogens with zero attached hydrogens (tertiary/aromatic N) is 3. The zero-order valence-corrected chi connectivity index (χ0v) is 20.6. The Morgan fingerprint density at radius 3 is 2.21 bits per heavy atom. The van der Waals surface area contributed by atoms with E-state index in [0.717, 1.165) is 5.69 Å². The lowest BCUT2D eigenvalue weighted by atomic mass is 9.94. The molecule has 0 spiro atoms. The van der Waals surface area contributed by atoms with Crippen molar-refractivity contribution in [3.05, 3.63) is 18.2 Å². The van der Waals surface area contributed by atoms with Crippen molar-refractivity contribution in [3.8, 4) is 5.75 Å². The minimum absolute atomic E-state index is 0.0307. The van der Waals surface area contributed by atoms with Gasteiger partial charge in [-0.25, -0.2) is 4.79 Å². The summed E-state index contributed by atoms with van der Waals surface area (Å²) in [4.78, 5) is 42.9. The first-order chi connectivity index (χ1) is 15.3. The summed E-state index contributed by atoms with van der Waals surface area (Å²) in [5, 5.41) is 3.17. The molecule has 3 rings (SSSR count). The van der Waals surface area contributed by atoms with Crippen LogP contribution >= 0.6 is 0 Å². The Morgan fingerprint density at radius 2 is 1.61 bits per heavy atom. The number of rotatable bonds is 3. The van der Waals surface area contributed by atoms with Crippen LogP contribution in [0.5, 0.6) is 5.75 Å². The van der Waals surface area contributed by atoms with Gasteiger partial charge < -0.3 is 29.5 Å². The summed E-state index contributed by atoms with van der Waals surface area (Å²) in [5.74, 6) is 0.646. The zero-order chi connectivity index (χ0) is 24.4. The van der Waals surface area contributed by atoms with E-state index in [1.165, 1.54) is 0 Å². The molecular weight excluding hydrogens is 424 g/mol. The van der Waals surface area contributed by atoms with Crippen molar-refractivity contribution < 1.29 is 23.9 Å². The van der Waals surface area contributed by atoms with Crippen LogP contribution in [-0.4, -0.2) is 79.2 Å². The Labute approximate surface area is 196 Å². The number of carbonyl (C=O) groups is 3. The van der Waals surface area contributed by atoms with Crippen molar-refractivity contribution in [3.63, 3.8) is 0 Å². The fourth-order valence-electron chi connectivity index (χ4n) is 3.70. The van der Waals surface area contributed by atoms with Gasteiger partial charge in [0.1, 0.15) is 18.0 Å². The Morgan fingerprint density at radius 1 is 0.970 bits per heavy atom. The van der Waals surface area contributed by atoms with Crippen LogP contribution in [0.25, 0.3) is 0 Å². The molecule has 3 amide bonds. The number of benzene rings is 1. The highest BCUT2D eigenvalue weighted by atomic mass is 16.6. The minimum Gasteiger partial charge on any atom is -0.490 e. The lowest BCUT2D eigenvalue weighted by Crippen LogP contribution is -2.52. The van der Waals surface area contributed by atoms with Crippen molar-refractivity contribution in [1.29, 1.82) is 0 Å². The van der Waals surface area contributed by atoms with Crippen LogP contribution in [0.15, 0.2) is 18.2 Å². The van der Waals surface area contributed by atoms with Gasteiger partial charge in [-0.15, -0.1) is 0 Å². The van der Waals surface area contributed by atoms with E-state index < -0.39 is 11.0 Å². The normalized spacial score (nSPS) is 16.6. The maximum atomic E-state index is 12.9. The molecule has 2 aliphatic heterocycles. The van der Waals surface area contributed by atoms with Gasteiger partial charge >= 0.3 is 6.09 Å². The zero-order valence-electron chi connectivity index (χ0n) is 20.6. The van der Waals surface area contributed by atoms with Gasteiger partial charge in [0.25, 0.3) is 0 Å². The lowest BCUT2D eigenvalue weighted by molar-refractivity contribution is -0.131. The van der Waals surface area contributed by atoms with E-state index in [1.54, 1.807) is 14.7 Å². The number of hydrogen-bond donors (Lipinski definition) is 1. The first-order valence-electron chi connectivity index (χ1n) is 11.4. The van der Waals surface area contributed by atoms with Crippen LogP contribution in [0, 0.1) is 5.41 Å². The summed E-state index contributed by atoms with van der Waals surface area (Å²) in [7, 11) is 0. The van der Waals surface area contributed by atoms with Crippen LogP contribution in [0.2, 0.25) is 0 Å². The molecule has 2 aliphatic rings. The van der Waals surface area contributed by atoms with Gasteiger partial charge in [-0.2, -0.15) is 0 Å². The van der Waals surface area contributed by atoms with E-state index in [9.17, 15) is 14.4 Å². The topological polar surface area (TPSA) is 91.4 Å². The van der Waals surface area contributed by atoms with Gasteiger partial charge in [0.05, 0.1) is 18.8 Å². The van der Waals surface area contributed by atoms with Gasteiger partial charge in [0.2, 0.25) is 11.8 Å². The summed E-state index contributed by atoms with van der Waals surface area (Å²) in [6, 6.07) is 5.52. The average molecular weight is 461 g/mol. The smallest absolute Gasteiger partial charge is 0.410 e. The summed E-state index contributed by atoms with van der Waals surface area (Å²) in [6.07, 6.45) is -0.349. The van der Waals surface area contributed by atoms with E-state index in [-0.39, 0.29) is 24.5 Å². The number of hydrogen-bond acceptors (Lipinski definition) is 6. The molecule has 2 heterocycles. The minimum atomic E-state index is -0.541. The number of fused-ring (bicyclic) bond motifs is 1. The molecule has 1 fully saturated rings. The Balaban J connectivity index is 1.56. The standard InChI is InChI=1S/C24H36N4O5/c1-23(2,3)21(30)28-13-14-32-19-8-7-17(15-18(19)28)25-16-20(29)26-9-11-27(12-10-26)22(31)33-24(4,5)6/h7-8,15,25H,9-14,16H2,1-6H3. The third kappa shape index (κ3) is 6.30. The highest BCUT2D eigenvalue weighted by molar-refractivity contribution is 5.99. The second kappa shape index (κ2) is 9.49. The summed E-state index contributed by atoms with van der Waals surface area (Å²) < 4.78 is 11.1. The molecule has 9 heteroatoms. The molecule has 0 aliphatic carbocycles. The van der Waals surface area contributed by atoms with Crippen molar-refractivity contribution >= 4 is 29.3 Å². The van der Waals surface area contributed by atoms with Crippen LogP contribution in [0.3, 0.4) is 0 Å². The molecule has 0 bridgehead atoms.